The zero-order valence-electron chi connectivity index (χ0n) is 19.1. The molecular formula is C25H37ClFNO3. The van der Waals surface area contributed by atoms with Crippen molar-refractivity contribution in [2.24, 2.45) is 23.2 Å². The molecule has 6 heteroatoms. The molecule has 4 rings (SSSR count). The van der Waals surface area contributed by atoms with Gasteiger partial charge in [-0.2, -0.15) is 0 Å². The number of ether oxygens (including phenoxy) is 1. The van der Waals surface area contributed by atoms with E-state index in [2.05, 4.69) is 18.7 Å². The Morgan fingerprint density at radius 1 is 1.23 bits per heavy atom. The Morgan fingerprint density at radius 3 is 2.39 bits per heavy atom. The Bertz CT molecular complexity index is 735. The first-order chi connectivity index (χ1) is 14.7. The fourth-order valence-electron chi connectivity index (χ4n) is 6.47. The molecule has 2 unspecified atom stereocenters. The molecule has 1 N–H and O–H groups in total. The number of carbonyl (C=O) groups is 1. The van der Waals surface area contributed by atoms with Gasteiger partial charge in [-0.1, -0.05) is 38.3 Å². The van der Waals surface area contributed by atoms with E-state index >= 15 is 0 Å². The molecule has 0 aromatic heterocycles. The Morgan fingerprint density at radius 2 is 1.81 bits per heavy atom. The van der Waals surface area contributed by atoms with E-state index in [0.29, 0.717) is 29.1 Å². The number of carboxylic acid groups (broad SMARTS) is 1. The van der Waals surface area contributed by atoms with Gasteiger partial charge < -0.3 is 14.7 Å². The van der Waals surface area contributed by atoms with Gasteiger partial charge in [0.2, 0.25) is 0 Å². The Balaban J connectivity index is 0.000000858. The van der Waals surface area contributed by atoms with Gasteiger partial charge in [0, 0.05) is 24.6 Å². The highest BCUT2D eigenvalue weighted by molar-refractivity contribution is 6.32. The molecule has 174 valence electrons. The van der Waals surface area contributed by atoms with Crippen molar-refractivity contribution in [2.75, 3.05) is 18.6 Å². The van der Waals surface area contributed by atoms with Crippen molar-refractivity contribution < 1.29 is 19.0 Å². The van der Waals surface area contributed by atoms with Gasteiger partial charge in [-0.05, 0) is 68.8 Å². The van der Waals surface area contributed by atoms with Crippen LogP contribution in [-0.2, 0) is 4.79 Å². The minimum absolute atomic E-state index is 0.173. The number of rotatable bonds is 5. The van der Waals surface area contributed by atoms with Crippen molar-refractivity contribution in [3.05, 3.63) is 23.0 Å². The lowest BCUT2D eigenvalue weighted by Crippen LogP contribution is -2.39. The van der Waals surface area contributed by atoms with Crippen molar-refractivity contribution in [2.45, 2.75) is 77.7 Å². The maximum atomic E-state index is 14.8. The van der Waals surface area contributed by atoms with Gasteiger partial charge >= 0.3 is 0 Å². The predicted molar refractivity (Wildman–Crippen MR) is 124 cm³/mol. The molecule has 0 heterocycles. The minimum atomic E-state index is -0.250. The predicted octanol–water partition coefficient (Wildman–Crippen LogP) is 6.79. The summed E-state index contributed by atoms with van der Waals surface area (Å²) in [5, 5.41) is 7.41. The summed E-state index contributed by atoms with van der Waals surface area (Å²) in [5.74, 6) is 2.78. The number of hydrogen-bond donors (Lipinski definition) is 1. The zero-order valence-corrected chi connectivity index (χ0v) is 19.8. The van der Waals surface area contributed by atoms with Gasteiger partial charge in [-0.25, -0.2) is 4.39 Å². The summed E-state index contributed by atoms with van der Waals surface area (Å²) in [6, 6.07) is 3.67. The molecule has 3 aliphatic rings. The average Bonchev–Trinajstić information content (AvgIpc) is 3.22. The van der Waals surface area contributed by atoms with Crippen LogP contribution in [0.15, 0.2) is 12.1 Å². The normalized spacial score (nSPS) is 30.3. The fraction of sp³-hybridized carbons (Fsp3) is 0.720. The first-order valence-corrected chi connectivity index (χ1v) is 12.0. The topological polar surface area (TPSA) is 49.8 Å². The SMILES string of the molecule is CC1C[C@@H]2C[C@H](C1)CC(C)(COc1cc(F)c(N(C)C3CCCC3)cc1Cl)C2.O=CO. The Labute approximate surface area is 191 Å². The second kappa shape index (κ2) is 10.4. The quantitative estimate of drug-likeness (QED) is 0.498. The van der Waals surface area contributed by atoms with Crippen molar-refractivity contribution in [3.63, 3.8) is 0 Å². The molecule has 0 saturated heterocycles. The number of halogens is 2. The molecule has 0 radical (unpaired) electrons. The van der Waals surface area contributed by atoms with Gasteiger partial charge in [-0.15, -0.1) is 0 Å². The summed E-state index contributed by atoms with van der Waals surface area (Å²) in [4.78, 5) is 10.4. The number of hydrogen-bond acceptors (Lipinski definition) is 3. The van der Waals surface area contributed by atoms with Crippen LogP contribution < -0.4 is 9.64 Å². The van der Waals surface area contributed by atoms with E-state index in [9.17, 15) is 4.39 Å². The highest BCUT2D eigenvalue weighted by atomic mass is 35.5. The summed E-state index contributed by atoms with van der Waals surface area (Å²) >= 11 is 6.51. The third-order valence-electron chi connectivity index (χ3n) is 7.53. The molecule has 31 heavy (non-hydrogen) atoms. The Kier molecular flexibility index (Phi) is 8.12. The molecular weight excluding hydrogens is 417 g/mol. The zero-order chi connectivity index (χ0) is 22.6. The summed E-state index contributed by atoms with van der Waals surface area (Å²) in [6.07, 6.45) is 11.2. The van der Waals surface area contributed by atoms with Crippen molar-refractivity contribution in [3.8, 4) is 5.75 Å². The lowest BCUT2D eigenvalue weighted by Gasteiger charge is -2.47. The fourth-order valence-corrected chi connectivity index (χ4v) is 6.68. The van der Waals surface area contributed by atoms with E-state index in [0.717, 1.165) is 30.6 Å². The number of nitrogens with zero attached hydrogens (tertiary/aromatic N) is 1. The molecule has 2 bridgehead atoms. The molecule has 1 aromatic rings. The van der Waals surface area contributed by atoms with E-state index < -0.39 is 0 Å². The highest BCUT2D eigenvalue weighted by Crippen LogP contribution is 2.50. The Hall–Kier alpha value is -1.49. The molecule has 1 aromatic carbocycles. The van der Waals surface area contributed by atoms with Gasteiger partial charge in [-0.3, -0.25) is 4.79 Å². The lowest BCUT2D eigenvalue weighted by molar-refractivity contribution is -0.122. The molecule has 4 nitrogen and oxygen atoms in total. The maximum absolute atomic E-state index is 14.8. The van der Waals surface area contributed by atoms with Crippen LogP contribution in [-0.4, -0.2) is 31.3 Å². The van der Waals surface area contributed by atoms with Gasteiger partial charge in [0.25, 0.3) is 6.47 Å². The molecule has 4 atom stereocenters. The smallest absolute Gasteiger partial charge is 0.290 e. The van der Waals surface area contributed by atoms with Crippen LogP contribution in [0, 0.1) is 29.0 Å². The van der Waals surface area contributed by atoms with Gasteiger partial charge in [0.1, 0.15) is 11.6 Å². The molecule has 0 aliphatic heterocycles. The van der Waals surface area contributed by atoms with Crippen LogP contribution in [0.2, 0.25) is 5.02 Å². The summed E-state index contributed by atoms with van der Waals surface area (Å²) in [6.45, 7) is 5.12. The minimum Gasteiger partial charge on any atom is -0.491 e. The maximum Gasteiger partial charge on any atom is 0.290 e. The monoisotopic (exact) mass is 453 g/mol. The van der Waals surface area contributed by atoms with E-state index in [4.69, 9.17) is 26.2 Å². The van der Waals surface area contributed by atoms with Crippen LogP contribution in [0.1, 0.15) is 71.6 Å². The van der Waals surface area contributed by atoms with Crippen LogP contribution in [0.5, 0.6) is 5.75 Å². The van der Waals surface area contributed by atoms with Crippen LogP contribution >= 0.6 is 11.6 Å². The summed E-state index contributed by atoms with van der Waals surface area (Å²) in [5.41, 5.74) is 0.768. The van der Waals surface area contributed by atoms with Crippen molar-refractivity contribution in [1.82, 2.24) is 0 Å². The second-order valence-electron chi connectivity index (χ2n) is 10.4. The number of benzene rings is 1. The summed E-state index contributed by atoms with van der Waals surface area (Å²) < 4.78 is 21.0. The van der Waals surface area contributed by atoms with Gasteiger partial charge in [0.15, 0.2) is 0 Å². The highest BCUT2D eigenvalue weighted by Gasteiger charge is 2.41. The van der Waals surface area contributed by atoms with Crippen LogP contribution in [0.3, 0.4) is 0 Å². The van der Waals surface area contributed by atoms with Crippen LogP contribution in [0.25, 0.3) is 0 Å². The first kappa shape index (κ1) is 24.2. The molecule has 0 amide bonds. The van der Waals surface area contributed by atoms with Gasteiger partial charge in [0.05, 0.1) is 17.3 Å². The summed E-state index contributed by atoms with van der Waals surface area (Å²) in [7, 11) is 1.98. The number of fused-ring (bicyclic) bond motifs is 2. The molecule has 3 aliphatic carbocycles. The lowest BCUT2D eigenvalue weighted by atomic mass is 9.60. The molecule has 3 fully saturated rings. The average molecular weight is 454 g/mol. The van der Waals surface area contributed by atoms with E-state index in [1.54, 1.807) is 6.07 Å². The number of anilines is 1. The standard InChI is InChI=1S/C24H35ClFNO.CH2O2/c1-16-8-17-10-18(9-16)14-24(2,13-17)15-28-23-12-21(26)22(11-20(23)25)27(3)19-6-4-5-7-19;2-1-3/h11-12,16-19H,4-10,13-15H2,1-3H3;1H,(H,2,3)/t16?,17-,18+,24?;. The molecule has 0 spiro atoms. The largest absolute Gasteiger partial charge is 0.491 e. The third-order valence-corrected chi connectivity index (χ3v) is 7.83. The van der Waals surface area contributed by atoms with E-state index in [1.807, 2.05) is 7.05 Å². The van der Waals surface area contributed by atoms with Crippen molar-refractivity contribution in [1.29, 1.82) is 0 Å². The van der Waals surface area contributed by atoms with E-state index in [-0.39, 0.29) is 17.7 Å². The van der Waals surface area contributed by atoms with Crippen LogP contribution in [0.4, 0.5) is 10.1 Å². The molecule has 3 saturated carbocycles. The van der Waals surface area contributed by atoms with E-state index in [1.165, 1.54) is 51.0 Å². The third kappa shape index (κ3) is 6.06. The second-order valence-corrected chi connectivity index (χ2v) is 10.8. The van der Waals surface area contributed by atoms with Crippen molar-refractivity contribution >= 4 is 23.8 Å². The first-order valence-electron chi connectivity index (χ1n) is 11.7.